The highest BCUT2D eigenvalue weighted by Crippen LogP contribution is 2.30. The quantitative estimate of drug-likeness (QED) is 0.798. The topological polar surface area (TPSA) is 66.1 Å². The lowest BCUT2D eigenvalue weighted by Crippen LogP contribution is -2.49. The zero-order valence-electron chi connectivity index (χ0n) is 10.2. The molecule has 92 valence electrons. The highest BCUT2D eigenvalue weighted by molar-refractivity contribution is 6.00. The van der Waals surface area contributed by atoms with Crippen LogP contribution in [0.4, 0.5) is 0 Å². The van der Waals surface area contributed by atoms with E-state index in [9.17, 15) is 9.59 Å². The number of aromatic amines is 1. The van der Waals surface area contributed by atoms with Crippen LogP contribution in [0, 0.1) is 5.41 Å². The van der Waals surface area contributed by atoms with Gasteiger partial charge in [-0.25, -0.2) is 4.98 Å². The van der Waals surface area contributed by atoms with E-state index in [1.165, 1.54) is 4.90 Å². The van der Waals surface area contributed by atoms with Crippen LogP contribution in [0.2, 0.25) is 0 Å². The third kappa shape index (κ3) is 2.38. The van der Waals surface area contributed by atoms with Gasteiger partial charge < -0.3 is 4.98 Å². The molecule has 1 aromatic rings. The van der Waals surface area contributed by atoms with Crippen LogP contribution < -0.4 is 0 Å². The first kappa shape index (κ1) is 11.8. The van der Waals surface area contributed by atoms with Gasteiger partial charge >= 0.3 is 0 Å². The van der Waals surface area contributed by atoms with E-state index in [0.717, 1.165) is 5.69 Å². The number of aromatic nitrogens is 2. The third-order valence-electron chi connectivity index (χ3n) is 3.25. The Labute approximate surface area is 100 Å². The van der Waals surface area contributed by atoms with E-state index in [1.54, 1.807) is 12.5 Å². The Kier molecular flexibility index (Phi) is 3.00. The van der Waals surface area contributed by atoms with Gasteiger partial charge in [-0.05, 0) is 6.42 Å². The number of imidazole rings is 1. The van der Waals surface area contributed by atoms with E-state index in [0.29, 0.717) is 25.8 Å². The summed E-state index contributed by atoms with van der Waals surface area (Å²) in [5.41, 5.74) is 0.524. The minimum atomic E-state index is -0.415. The van der Waals surface area contributed by atoms with Crippen molar-refractivity contribution in [2.24, 2.45) is 5.41 Å². The van der Waals surface area contributed by atoms with Crippen molar-refractivity contribution < 1.29 is 9.59 Å². The summed E-state index contributed by atoms with van der Waals surface area (Å²) in [5.74, 6) is -0.123. The minimum Gasteiger partial charge on any atom is -0.348 e. The molecule has 1 aliphatic rings. The molecule has 1 fully saturated rings. The van der Waals surface area contributed by atoms with Crippen LogP contribution >= 0.6 is 0 Å². The highest BCUT2D eigenvalue weighted by Gasteiger charge is 2.39. The number of nitrogens with zero attached hydrogens (tertiary/aromatic N) is 2. The number of carbonyl (C=O) groups is 2. The second kappa shape index (κ2) is 4.31. The van der Waals surface area contributed by atoms with Gasteiger partial charge in [0.2, 0.25) is 11.8 Å². The van der Waals surface area contributed by atoms with Crippen LogP contribution in [0.3, 0.4) is 0 Å². The fourth-order valence-corrected chi connectivity index (χ4v) is 2.02. The van der Waals surface area contributed by atoms with Crippen LogP contribution in [-0.4, -0.2) is 33.2 Å². The Balaban J connectivity index is 2.03. The van der Waals surface area contributed by atoms with Crippen LogP contribution in [0.5, 0.6) is 0 Å². The smallest absolute Gasteiger partial charge is 0.234 e. The van der Waals surface area contributed by atoms with Crippen molar-refractivity contribution in [1.82, 2.24) is 14.9 Å². The summed E-state index contributed by atoms with van der Waals surface area (Å²) in [4.78, 5) is 32.1. The van der Waals surface area contributed by atoms with Gasteiger partial charge in [-0.2, -0.15) is 0 Å². The molecule has 1 aromatic heterocycles. The molecule has 0 bridgehead atoms. The van der Waals surface area contributed by atoms with Gasteiger partial charge in [0.25, 0.3) is 0 Å². The average Bonchev–Trinajstić information content (AvgIpc) is 2.77. The van der Waals surface area contributed by atoms with Gasteiger partial charge in [-0.1, -0.05) is 13.8 Å². The summed E-state index contributed by atoms with van der Waals surface area (Å²) in [6.45, 7) is 4.22. The van der Waals surface area contributed by atoms with Crippen molar-refractivity contribution >= 4 is 11.8 Å². The second-order valence-electron chi connectivity index (χ2n) is 5.06. The van der Waals surface area contributed by atoms with E-state index < -0.39 is 5.41 Å². The summed E-state index contributed by atoms with van der Waals surface area (Å²) in [7, 11) is 0. The molecular weight excluding hydrogens is 218 g/mol. The SMILES string of the molecule is CC1(C)CCC(=O)N(CCc2cnc[nH]2)C1=O. The number of rotatable bonds is 3. The summed E-state index contributed by atoms with van der Waals surface area (Å²) < 4.78 is 0. The summed E-state index contributed by atoms with van der Waals surface area (Å²) in [5, 5.41) is 0. The maximum Gasteiger partial charge on any atom is 0.234 e. The summed E-state index contributed by atoms with van der Waals surface area (Å²) in [6, 6.07) is 0. The predicted molar refractivity (Wildman–Crippen MR) is 62.0 cm³/mol. The third-order valence-corrected chi connectivity index (χ3v) is 3.25. The van der Waals surface area contributed by atoms with E-state index >= 15 is 0 Å². The predicted octanol–water partition coefficient (Wildman–Crippen LogP) is 1.13. The molecule has 0 saturated carbocycles. The molecule has 0 atom stereocenters. The number of carbonyl (C=O) groups excluding carboxylic acids is 2. The van der Waals surface area contributed by atoms with Crippen molar-refractivity contribution in [1.29, 1.82) is 0 Å². The molecule has 0 unspecified atom stereocenters. The number of amides is 2. The molecule has 0 aliphatic carbocycles. The first-order chi connectivity index (χ1) is 8.00. The maximum atomic E-state index is 12.1. The number of imide groups is 1. The lowest BCUT2D eigenvalue weighted by atomic mass is 9.83. The summed E-state index contributed by atoms with van der Waals surface area (Å²) >= 11 is 0. The molecule has 0 aromatic carbocycles. The Hall–Kier alpha value is -1.65. The lowest BCUT2D eigenvalue weighted by molar-refractivity contribution is -0.156. The first-order valence-electron chi connectivity index (χ1n) is 5.83. The first-order valence-corrected chi connectivity index (χ1v) is 5.83. The molecule has 5 nitrogen and oxygen atoms in total. The highest BCUT2D eigenvalue weighted by atomic mass is 16.2. The van der Waals surface area contributed by atoms with Crippen molar-refractivity contribution in [2.45, 2.75) is 33.1 Å². The van der Waals surface area contributed by atoms with Crippen LogP contribution in [-0.2, 0) is 16.0 Å². The zero-order valence-corrected chi connectivity index (χ0v) is 10.2. The molecule has 5 heteroatoms. The van der Waals surface area contributed by atoms with Crippen molar-refractivity contribution in [3.05, 3.63) is 18.2 Å². The largest absolute Gasteiger partial charge is 0.348 e. The van der Waals surface area contributed by atoms with E-state index in [2.05, 4.69) is 9.97 Å². The van der Waals surface area contributed by atoms with E-state index in [-0.39, 0.29) is 11.8 Å². The van der Waals surface area contributed by atoms with Gasteiger partial charge in [0.05, 0.1) is 6.33 Å². The number of nitrogens with one attached hydrogen (secondary N) is 1. The molecule has 1 aliphatic heterocycles. The number of piperidine rings is 1. The molecule has 1 N–H and O–H groups in total. The van der Waals surface area contributed by atoms with Crippen molar-refractivity contribution in [3.63, 3.8) is 0 Å². The van der Waals surface area contributed by atoms with Crippen molar-refractivity contribution in [2.75, 3.05) is 6.54 Å². The van der Waals surface area contributed by atoms with Gasteiger partial charge in [0, 0.05) is 36.7 Å². The molecule has 0 radical (unpaired) electrons. The van der Waals surface area contributed by atoms with Gasteiger partial charge in [-0.3, -0.25) is 14.5 Å². The van der Waals surface area contributed by atoms with Crippen LogP contribution in [0.1, 0.15) is 32.4 Å². The lowest BCUT2D eigenvalue weighted by Gasteiger charge is -2.35. The average molecular weight is 235 g/mol. The molecule has 17 heavy (non-hydrogen) atoms. The Morgan fingerprint density at radius 2 is 2.24 bits per heavy atom. The van der Waals surface area contributed by atoms with Crippen LogP contribution in [0.25, 0.3) is 0 Å². The van der Waals surface area contributed by atoms with Crippen molar-refractivity contribution in [3.8, 4) is 0 Å². The van der Waals surface area contributed by atoms with E-state index in [4.69, 9.17) is 0 Å². The summed E-state index contributed by atoms with van der Waals surface area (Å²) in [6.07, 6.45) is 5.05. The fraction of sp³-hybridized carbons (Fsp3) is 0.583. The Morgan fingerprint density at radius 3 is 2.88 bits per heavy atom. The number of hydrogen-bond acceptors (Lipinski definition) is 3. The fourth-order valence-electron chi connectivity index (χ4n) is 2.02. The van der Waals surface area contributed by atoms with Gasteiger partial charge in [-0.15, -0.1) is 0 Å². The molecule has 0 spiro atoms. The number of H-pyrrole nitrogens is 1. The van der Waals surface area contributed by atoms with Crippen LogP contribution in [0.15, 0.2) is 12.5 Å². The molecule has 2 amide bonds. The monoisotopic (exact) mass is 235 g/mol. The van der Waals surface area contributed by atoms with E-state index in [1.807, 2.05) is 13.8 Å². The zero-order chi connectivity index (χ0) is 12.5. The second-order valence-corrected chi connectivity index (χ2v) is 5.06. The number of likely N-dealkylation sites (tertiary alicyclic amines) is 1. The molecule has 2 heterocycles. The minimum absolute atomic E-state index is 0.0613. The normalized spacial score (nSPS) is 19.8. The van der Waals surface area contributed by atoms with Gasteiger partial charge in [0.1, 0.15) is 0 Å². The molecular formula is C12H17N3O2. The maximum absolute atomic E-state index is 12.1. The molecule has 1 saturated heterocycles. The standard InChI is InChI=1S/C12H17N3O2/c1-12(2)5-3-10(16)15(11(12)17)6-4-9-7-13-8-14-9/h7-8H,3-6H2,1-2H3,(H,13,14). The number of hydrogen-bond donors (Lipinski definition) is 1. The Bertz CT molecular complexity index is 423. The molecule has 2 rings (SSSR count). The Morgan fingerprint density at radius 1 is 1.47 bits per heavy atom. The van der Waals surface area contributed by atoms with Gasteiger partial charge in [0.15, 0.2) is 0 Å².